The summed E-state index contributed by atoms with van der Waals surface area (Å²) in [6, 6.07) is 8.09. The summed E-state index contributed by atoms with van der Waals surface area (Å²) in [7, 11) is 1.76. The average molecular weight is 309 g/mol. The highest BCUT2D eigenvalue weighted by Crippen LogP contribution is 2.27. The molecule has 1 heterocycles. The Bertz CT molecular complexity index is 454. The number of nitrogens with zero attached hydrogens (tertiary/aromatic N) is 2. The second-order valence-corrected chi connectivity index (χ2v) is 5.64. The summed E-state index contributed by atoms with van der Waals surface area (Å²) in [6.07, 6.45) is 2.41. The van der Waals surface area contributed by atoms with Crippen LogP contribution < -0.4 is 4.90 Å². The van der Waals surface area contributed by atoms with Crippen LogP contribution in [-0.4, -0.2) is 26.8 Å². The van der Waals surface area contributed by atoms with Crippen molar-refractivity contribution in [2.24, 2.45) is 5.92 Å². The van der Waals surface area contributed by atoms with Gasteiger partial charge in [-0.15, -0.1) is 0 Å². The van der Waals surface area contributed by atoms with Crippen molar-refractivity contribution < 1.29 is 4.74 Å². The highest BCUT2D eigenvalue weighted by atomic mass is 79.9. The normalized spacial score (nSPS) is 19.6. The number of hydrogen-bond donors (Lipinski definition) is 0. The summed E-state index contributed by atoms with van der Waals surface area (Å²) >= 11 is 3.46. The fourth-order valence-electron chi connectivity index (χ4n) is 2.49. The molecule has 1 aliphatic rings. The molecule has 1 aromatic rings. The smallest absolute Gasteiger partial charge is 0.0992 e. The van der Waals surface area contributed by atoms with E-state index in [1.807, 2.05) is 12.1 Å². The number of benzene rings is 1. The lowest BCUT2D eigenvalue weighted by Crippen LogP contribution is -2.37. The van der Waals surface area contributed by atoms with Gasteiger partial charge in [0.1, 0.15) is 0 Å². The first-order valence-corrected chi connectivity index (χ1v) is 6.97. The summed E-state index contributed by atoms with van der Waals surface area (Å²) in [5.74, 6) is 0.591. The second-order valence-electron chi connectivity index (χ2n) is 4.72. The fraction of sp³-hybridized carbons (Fsp3) is 0.500. The summed E-state index contributed by atoms with van der Waals surface area (Å²) in [4.78, 5) is 2.35. The minimum Gasteiger partial charge on any atom is -0.384 e. The predicted molar refractivity (Wildman–Crippen MR) is 75.7 cm³/mol. The average Bonchev–Trinajstić information content (AvgIpc) is 2.39. The van der Waals surface area contributed by atoms with Gasteiger partial charge in [-0.1, -0.05) is 15.9 Å². The van der Waals surface area contributed by atoms with Crippen LogP contribution in [0.25, 0.3) is 0 Å². The van der Waals surface area contributed by atoms with Gasteiger partial charge in [0.2, 0.25) is 0 Å². The Labute approximate surface area is 116 Å². The lowest BCUT2D eigenvalue weighted by molar-refractivity contribution is 0.143. The minimum atomic E-state index is 0.591. The number of ether oxygens (including phenoxy) is 1. The molecule has 1 aliphatic heterocycles. The quantitative estimate of drug-likeness (QED) is 0.860. The summed E-state index contributed by atoms with van der Waals surface area (Å²) in [5.41, 5.74) is 1.83. The molecule has 0 saturated carbocycles. The first-order chi connectivity index (χ1) is 8.72. The van der Waals surface area contributed by atoms with E-state index in [9.17, 15) is 0 Å². The van der Waals surface area contributed by atoms with E-state index in [1.165, 1.54) is 12.8 Å². The van der Waals surface area contributed by atoms with Gasteiger partial charge in [0.25, 0.3) is 0 Å². The number of hydrogen-bond acceptors (Lipinski definition) is 3. The maximum Gasteiger partial charge on any atom is 0.0992 e. The zero-order valence-electron chi connectivity index (χ0n) is 10.5. The molecule has 0 aromatic heterocycles. The number of piperidine rings is 1. The number of anilines is 1. The van der Waals surface area contributed by atoms with E-state index in [-0.39, 0.29) is 0 Å². The van der Waals surface area contributed by atoms with E-state index in [4.69, 9.17) is 10.00 Å². The van der Waals surface area contributed by atoms with Gasteiger partial charge >= 0.3 is 0 Å². The maximum atomic E-state index is 9.01. The molecule has 96 valence electrons. The predicted octanol–water partition coefficient (Wildman–Crippen LogP) is 3.18. The van der Waals surface area contributed by atoms with E-state index in [1.54, 1.807) is 7.11 Å². The fourth-order valence-corrected chi connectivity index (χ4v) is 2.97. The molecule has 1 saturated heterocycles. The van der Waals surface area contributed by atoms with Gasteiger partial charge in [0, 0.05) is 30.4 Å². The lowest BCUT2D eigenvalue weighted by atomic mass is 9.98. The van der Waals surface area contributed by atoms with Crippen LogP contribution in [0.15, 0.2) is 22.7 Å². The molecular formula is C14H17BrN2O. The molecule has 3 nitrogen and oxygen atoms in total. The van der Waals surface area contributed by atoms with Crippen molar-refractivity contribution in [2.45, 2.75) is 12.8 Å². The molecule has 18 heavy (non-hydrogen) atoms. The van der Waals surface area contributed by atoms with E-state index < -0.39 is 0 Å². The number of nitriles is 1. The van der Waals surface area contributed by atoms with E-state index in [2.05, 4.69) is 33.0 Å². The Kier molecular flexibility index (Phi) is 4.62. The topological polar surface area (TPSA) is 36.3 Å². The number of halogens is 1. The van der Waals surface area contributed by atoms with Crippen LogP contribution in [0.4, 0.5) is 5.69 Å². The molecule has 0 bridgehead atoms. The largest absolute Gasteiger partial charge is 0.384 e. The van der Waals surface area contributed by atoms with Crippen molar-refractivity contribution in [3.05, 3.63) is 28.2 Å². The Hall–Kier alpha value is -1.05. The third-order valence-electron chi connectivity index (χ3n) is 3.30. The summed E-state index contributed by atoms with van der Waals surface area (Å²) in [6.45, 7) is 2.88. The molecule has 0 spiro atoms. The highest BCUT2D eigenvalue weighted by molar-refractivity contribution is 9.10. The van der Waals surface area contributed by atoms with E-state index >= 15 is 0 Å². The third kappa shape index (κ3) is 3.24. The Morgan fingerprint density at radius 2 is 2.33 bits per heavy atom. The van der Waals surface area contributed by atoms with Crippen LogP contribution in [0, 0.1) is 17.2 Å². The van der Waals surface area contributed by atoms with Crippen molar-refractivity contribution in [1.29, 1.82) is 5.26 Å². The molecule has 0 amide bonds. The van der Waals surface area contributed by atoms with Gasteiger partial charge in [-0.05, 0) is 37.0 Å². The SMILES string of the molecule is COCC1CCCN(c2cc(Br)cc(C#N)c2)C1. The van der Waals surface area contributed by atoms with E-state index in [0.29, 0.717) is 11.5 Å². The molecule has 0 radical (unpaired) electrons. The van der Waals surface area contributed by atoms with Gasteiger partial charge in [-0.25, -0.2) is 0 Å². The number of methoxy groups -OCH3 is 1. The van der Waals surface area contributed by atoms with Crippen LogP contribution in [0.2, 0.25) is 0 Å². The molecule has 1 atom stereocenters. The minimum absolute atomic E-state index is 0.591. The van der Waals surface area contributed by atoms with Crippen LogP contribution in [0.1, 0.15) is 18.4 Å². The molecule has 1 unspecified atom stereocenters. The summed E-state index contributed by atoms with van der Waals surface area (Å²) in [5, 5.41) is 9.01. The maximum absolute atomic E-state index is 9.01. The zero-order chi connectivity index (χ0) is 13.0. The highest BCUT2D eigenvalue weighted by Gasteiger charge is 2.20. The van der Waals surface area contributed by atoms with Crippen molar-refractivity contribution in [3.8, 4) is 6.07 Å². The van der Waals surface area contributed by atoms with Gasteiger partial charge in [0.05, 0.1) is 18.2 Å². The molecule has 0 N–H and O–H groups in total. The third-order valence-corrected chi connectivity index (χ3v) is 3.76. The van der Waals surface area contributed by atoms with Crippen LogP contribution >= 0.6 is 15.9 Å². The molecule has 1 aromatic carbocycles. The van der Waals surface area contributed by atoms with Crippen molar-refractivity contribution in [1.82, 2.24) is 0 Å². The molecule has 4 heteroatoms. The molecule has 2 rings (SSSR count). The van der Waals surface area contributed by atoms with Crippen LogP contribution in [0.5, 0.6) is 0 Å². The first kappa shape index (κ1) is 13.4. The lowest BCUT2D eigenvalue weighted by Gasteiger charge is -2.34. The number of rotatable bonds is 3. The Morgan fingerprint density at radius 3 is 3.06 bits per heavy atom. The molecule has 1 fully saturated rings. The molecular weight excluding hydrogens is 292 g/mol. The van der Waals surface area contributed by atoms with Crippen LogP contribution in [0.3, 0.4) is 0 Å². The second kappa shape index (κ2) is 6.21. The Balaban J connectivity index is 2.15. The van der Waals surface area contributed by atoms with Crippen molar-refractivity contribution in [3.63, 3.8) is 0 Å². The monoisotopic (exact) mass is 308 g/mol. The van der Waals surface area contributed by atoms with Gasteiger partial charge in [-0.2, -0.15) is 5.26 Å². The van der Waals surface area contributed by atoms with E-state index in [0.717, 1.165) is 29.9 Å². The summed E-state index contributed by atoms with van der Waals surface area (Å²) < 4.78 is 6.21. The van der Waals surface area contributed by atoms with Crippen LogP contribution in [-0.2, 0) is 4.74 Å². The van der Waals surface area contributed by atoms with Crippen molar-refractivity contribution >= 4 is 21.6 Å². The Morgan fingerprint density at radius 1 is 1.50 bits per heavy atom. The standard InChI is InChI=1S/C14H17BrN2O/c1-18-10-11-3-2-4-17(9-11)14-6-12(8-16)5-13(15)7-14/h5-7,11H,2-4,9-10H2,1H3. The van der Waals surface area contributed by atoms with Gasteiger partial charge in [0.15, 0.2) is 0 Å². The zero-order valence-corrected chi connectivity index (χ0v) is 12.1. The van der Waals surface area contributed by atoms with Gasteiger partial charge < -0.3 is 9.64 Å². The first-order valence-electron chi connectivity index (χ1n) is 6.17. The van der Waals surface area contributed by atoms with Crippen molar-refractivity contribution in [2.75, 3.05) is 31.7 Å². The van der Waals surface area contributed by atoms with Gasteiger partial charge in [-0.3, -0.25) is 0 Å². The molecule has 0 aliphatic carbocycles.